The van der Waals surface area contributed by atoms with Gasteiger partial charge in [0.15, 0.2) is 0 Å². The van der Waals surface area contributed by atoms with Crippen LogP contribution in [0.25, 0.3) is 0 Å². The maximum atomic E-state index is 14.1. The maximum absolute atomic E-state index is 14.1. The third kappa shape index (κ3) is 4.50. The second-order valence-corrected chi connectivity index (χ2v) is 6.35. The van der Waals surface area contributed by atoms with Crippen molar-refractivity contribution in [2.45, 2.75) is 32.2 Å². The van der Waals surface area contributed by atoms with Crippen LogP contribution in [-0.4, -0.2) is 6.54 Å². The van der Waals surface area contributed by atoms with Crippen molar-refractivity contribution >= 4 is 22.9 Å². The van der Waals surface area contributed by atoms with Crippen LogP contribution in [0.2, 0.25) is 5.02 Å². The van der Waals surface area contributed by atoms with Crippen LogP contribution in [0.5, 0.6) is 0 Å². The Bertz CT molecular complexity index is 572. The molecular weight excluding hydrogens is 312 g/mol. The molecular formula is C16H18ClF2NS. The summed E-state index contributed by atoms with van der Waals surface area (Å²) >= 11 is 7.30. The van der Waals surface area contributed by atoms with Crippen LogP contribution < -0.4 is 5.32 Å². The van der Waals surface area contributed by atoms with Crippen molar-refractivity contribution in [3.8, 4) is 0 Å². The SMILES string of the molecule is CCCNC(CCc1cccs1)c1cc(F)c(Cl)cc1F. The van der Waals surface area contributed by atoms with Crippen molar-refractivity contribution in [2.75, 3.05) is 6.54 Å². The average Bonchev–Trinajstić information content (AvgIpc) is 2.97. The Kier molecular flexibility index (Phi) is 6.15. The Morgan fingerprint density at radius 3 is 2.76 bits per heavy atom. The fraction of sp³-hybridized carbons (Fsp3) is 0.375. The van der Waals surface area contributed by atoms with E-state index in [2.05, 4.69) is 11.4 Å². The third-order valence-corrected chi connectivity index (χ3v) is 4.54. The number of aryl methyl sites for hydroxylation is 1. The molecule has 0 saturated heterocycles. The molecule has 0 spiro atoms. The number of hydrogen-bond donors (Lipinski definition) is 1. The first-order valence-corrected chi connectivity index (χ1v) is 8.27. The molecule has 21 heavy (non-hydrogen) atoms. The van der Waals surface area contributed by atoms with E-state index in [1.54, 1.807) is 11.3 Å². The van der Waals surface area contributed by atoms with Gasteiger partial charge in [0, 0.05) is 16.5 Å². The normalized spacial score (nSPS) is 12.6. The van der Waals surface area contributed by atoms with Crippen LogP contribution in [0.15, 0.2) is 29.6 Å². The lowest BCUT2D eigenvalue weighted by molar-refractivity contribution is 0.470. The Morgan fingerprint density at radius 2 is 2.10 bits per heavy atom. The van der Waals surface area contributed by atoms with E-state index in [4.69, 9.17) is 11.6 Å². The van der Waals surface area contributed by atoms with Crippen molar-refractivity contribution < 1.29 is 8.78 Å². The monoisotopic (exact) mass is 329 g/mol. The van der Waals surface area contributed by atoms with Crippen molar-refractivity contribution in [3.63, 3.8) is 0 Å². The molecule has 1 N–H and O–H groups in total. The standard InChI is InChI=1S/C16H18ClF2NS/c1-2-7-20-16(6-5-11-4-3-8-21-11)12-9-15(19)13(17)10-14(12)18/h3-4,8-10,16,20H,2,5-7H2,1H3. The number of nitrogens with one attached hydrogen (secondary N) is 1. The second-order valence-electron chi connectivity index (χ2n) is 4.91. The van der Waals surface area contributed by atoms with Gasteiger partial charge >= 0.3 is 0 Å². The fourth-order valence-corrected chi connectivity index (χ4v) is 3.11. The van der Waals surface area contributed by atoms with Gasteiger partial charge in [0.2, 0.25) is 0 Å². The van der Waals surface area contributed by atoms with E-state index in [0.29, 0.717) is 5.56 Å². The molecule has 0 fully saturated rings. The minimum Gasteiger partial charge on any atom is -0.310 e. The van der Waals surface area contributed by atoms with Gasteiger partial charge < -0.3 is 5.32 Å². The zero-order valence-electron chi connectivity index (χ0n) is 11.8. The predicted molar refractivity (Wildman–Crippen MR) is 85.0 cm³/mol. The third-order valence-electron chi connectivity index (χ3n) is 3.32. The van der Waals surface area contributed by atoms with Crippen LogP contribution in [0.4, 0.5) is 8.78 Å². The van der Waals surface area contributed by atoms with E-state index in [1.807, 2.05) is 18.4 Å². The number of benzene rings is 1. The van der Waals surface area contributed by atoms with E-state index in [1.165, 1.54) is 10.9 Å². The van der Waals surface area contributed by atoms with Gasteiger partial charge in [-0.3, -0.25) is 0 Å². The number of halogens is 3. The summed E-state index contributed by atoms with van der Waals surface area (Å²) in [6.07, 6.45) is 2.49. The summed E-state index contributed by atoms with van der Waals surface area (Å²) in [5, 5.41) is 5.13. The molecule has 0 bridgehead atoms. The highest BCUT2D eigenvalue weighted by Crippen LogP contribution is 2.27. The smallest absolute Gasteiger partial charge is 0.142 e. The molecule has 114 valence electrons. The van der Waals surface area contributed by atoms with Crippen molar-refractivity contribution in [3.05, 3.63) is 56.7 Å². The van der Waals surface area contributed by atoms with Crippen LogP contribution in [-0.2, 0) is 6.42 Å². The molecule has 1 aromatic heterocycles. The first kappa shape index (κ1) is 16.4. The largest absolute Gasteiger partial charge is 0.310 e. The van der Waals surface area contributed by atoms with Gasteiger partial charge in [0.25, 0.3) is 0 Å². The summed E-state index contributed by atoms with van der Waals surface area (Å²) < 4.78 is 27.7. The lowest BCUT2D eigenvalue weighted by atomic mass is 10.0. The van der Waals surface area contributed by atoms with E-state index in [0.717, 1.165) is 31.9 Å². The van der Waals surface area contributed by atoms with Crippen molar-refractivity contribution in [1.82, 2.24) is 5.32 Å². The Balaban J connectivity index is 2.16. The van der Waals surface area contributed by atoms with Gasteiger partial charge in [-0.25, -0.2) is 8.78 Å². The second kappa shape index (κ2) is 7.87. The molecule has 1 aromatic carbocycles. The fourth-order valence-electron chi connectivity index (χ4n) is 2.23. The zero-order valence-corrected chi connectivity index (χ0v) is 13.4. The molecule has 1 unspecified atom stereocenters. The highest BCUT2D eigenvalue weighted by atomic mass is 35.5. The molecule has 0 aliphatic carbocycles. The van der Waals surface area contributed by atoms with Crippen molar-refractivity contribution in [2.24, 2.45) is 0 Å². The van der Waals surface area contributed by atoms with Gasteiger partial charge in [-0.05, 0) is 49.4 Å². The van der Waals surface area contributed by atoms with Crippen LogP contribution >= 0.6 is 22.9 Å². The van der Waals surface area contributed by atoms with E-state index >= 15 is 0 Å². The highest BCUT2D eigenvalue weighted by Gasteiger charge is 2.18. The quantitative estimate of drug-likeness (QED) is 0.675. The molecule has 1 heterocycles. The lowest BCUT2D eigenvalue weighted by Gasteiger charge is -2.20. The Labute approximate surface area is 133 Å². The summed E-state index contributed by atoms with van der Waals surface area (Å²) in [6, 6.07) is 6.10. The van der Waals surface area contributed by atoms with E-state index < -0.39 is 11.6 Å². The molecule has 0 aliphatic rings. The molecule has 0 radical (unpaired) electrons. The van der Waals surface area contributed by atoms with Gasteiger partial charge in [0.05, 0.1) is 5.02 Å². The Hall–Kier alpha value is -0.970. The summed E-state index contributed by atoms with van der Waals surface area (Å²) in [7, 11) is 0. The highest BCUT2D eigenvalue weighted by molar-refractivity contribution is 7.09. The maximum Gasteiger partial charge on any atom is 0.142 e. The van der Waals surface area contributed by atoms with Gasteiger partial charge in [0.1, 0.15) is 11.6 Å². The molecule has 2 aromatic rings. The molecule has 1 atom stereocenters. The average molecular weight is 330 g/mol. The minimum atomic E-state index is -0.576. The van der Waals surface area contributed by atoms with Gasteiger partial charge in [-0.15, -0.1) is 11.3 Å². The predicted octanol–water partition coefficient (Wildman–Crippen LogP) is 5.35. The summed E-state index contributed by atoms with van der Waals surface area (Å²) in [6.45, 7) is 2.81. The zero-order chi connectivity index (χ0) is 15.2. The minimum absolute atomic E-state index is 0.177. The van der Waals surface area contributed by atoms with Crippen LogP contribution in [0, 0.1) is 11.6 Å². The molecule has 0 saturated carbocycles. The van der Waals surface area contributed by atoms with Gasteiger partial charge in [-0.2, -0.15) is 0 Å². The summed E-state index contributed by atoms with van der Waals surface area (Å²) in [4.78, 5) is 1.24. The van der Waals surface area contributed by atoms with Crippen molar-refractivity contribution in [1.29, 1.82) is 0 Å². The Morgan fingerprint density at radius 1 is 1.29 bits per heavy atom. The first-order chi connectivity index (χ1) is 10.1. The number of thiophene rings is 1. The van der Waals surface area contributed by atoms with Gasteiger partial charge in [-0.1, -0.05) is 24.6 Å². The van der Waals surface area contributed by atoms with Crippen LogP contribution in [0.3, 0.4) is 0 Å². The molecule has 0 amide bonds. The molecule has 0 aliphatic heterocycles. The van der Waals surface area contributed by atoms with Crippen LogP contribution in [0.1, 0.15) is 36.2 Å². The molecule has 1 nitrogen and oxygen atoms in total. The molecule has 5 heteroatoms. The number of hydrogen-bond acceptors (Lipinski definition) is 2. The summed E-state index contributed by atoms with van der Waals surface area (Å²) in [5.41, 5.74) is 0.349. The van der Waals surface area contributed by atoms with E-state index in [-0.39, 0.29) is 11.1 Å². The number of rotatable bonds is 7. The topological polar surface area (TPSA) is 12.0 Å². The van der Waals surface area contributed by atoms with E-state index in [9.17, 15) is 8.78 Å². The molecule has 2 rings (SSSR count). The first-order valence-electron chi connectivity index (χ1n) is 7.02. The summed E-state index contributed by atoms with van der Waals surface area (Å²) in [5.74, 6) is -1.03. The lowest BCUT2D eigenvalue weighted by Crippen LogP contribution is -2.23.